The molecule has 0 N–H and O–H groups in total. The average Bonchev–Trinajstić information content (AvgIpc) is 2.88. The Kier molecular flexibility index (Phi) is 7.04. The molecule has 0 saturated carbocycles. The zero-order valence-electron chi connectivity index (χ0n) is 19.8. The quantitative estimate of drug-likeness (QED) is 0.365. The monoisotopic (exact) mass is 496 g/mol. The van der Waals surface area contributed by atoms with Crippen molar-refractivity contribution < 1.29 is 18.1 Å². The van der Waals surface area contributed by atoms with Gasteiger partial charge in [0.1, 0.15) is 5.69 Å². The van der Waals surface area contributed by atoms with Crippen LogP contribution in [0.4, 0.5) is 11.4 Å². The molecule has 10 heteroatoms. The summed E-state index contributed by atoms with van der Waals surface area (Å²) in [4.78, 5) is 28.0. The van der Waals surface area contributed by atoms with E-state index in [4.69, 9.17) is 0 Å². The van der Waals surface area contributed by atoms with Gasteiger partial charge in [-0.25, -0.2) is 8.42 Å². The van der Waals surface area contributed by atoms with E-state index in [2.05, 4.69) is 0 Å². The predicted molar refractivity (Wildman–Crippen MR) is 135 cm³/mol. The molecule has 3 aromatic carbocycles. The lowest BCUT2D eigenvalue weighted by molar-refractivity contribution is -0.384. The van der Waals surface area contributed by atoms with Crippen molar-refractivity contribution in [2.75, 3.05) is 44.2 Å². The maximum Gasteiger partial charge on any atom is 0.293 e. The van der Waals surface area contributed by atoms with E-state index >= 15 is 0 Å². The van der Waals surface area contributed by atoms with Gasteiger partial charge in [0.25, 0.3) is 11.6 Å². The number of amides is 1. The summed E-state index contributed by atoms with van der Waals surface area (Å²) in [6.07, 6.45) is 0. The van der Waals surface area contributed by atoms with Gasteiger partial charge >= 0.3 is 0 Å². The highest BCUT2D eigenvalue weighted by Crippen LogP contribution is 2.33. The fraction of sp³-hybridized carbons (Fsp3) is 0.320. The molecule has 0 aliphatic carbocycles. The molecule has 0 bridgehead atoms. The Morgan fingerprint density at radius 1 is 0.971 bits per heavy atom. The highest BCUT2D eigenvalue weighted by Gasteiger charge is 2.30. The van der Waals surface area contributed by atoms with Gasteiger partial charge in [0, 0.05) is 50.9 Å². The van der Waals surface area contributed by atoms with E-state index in [1.165, 1.54) is 16.4 Å². The third-order valence-corrected chi connectivity index (χ3v) is 8.46. The van der Waals surface area contributed by atoms with Crippen molar-refractivity contribution in [2.24, 2.45) is 0 Å². The fourth-order valence-electron chi connectivity index (χ4n) is 4.52. The molecule has 1 amide bonds. The standard InChI is InChI=1S/C25H28N4O5S/c1-3-28(4-2)35(33,34)20-12-13-23(24(18-20)29(31)32)26-14-16-27(17-15-26)25(30)22-11-7-9-19-8-5-6-10-21(19)22/h5-13,18H,3-4,14-17H2,1-2H3. The van der Waals surface area contributed by atoms with Gasteiger partial charge in [-0.3, -0.25) is 14.9 Å². The molecule has 4 rings (SSSR count). The second-order valence-electron chi connectivity index (χ2n) is 8.30. The number of fused-ring (bicyclic) bond motifs is 1. The van der Waals surface area contributed by atoms with Crippen LogP contribution in [-0.2, 0) is 10.0 Å². The second kappa shape index (κ2) is 10.0. The molecule has 0 spiro atoms. The van der Waals surface area contributed by atoms with Gasteiger partial charge in [0.05, 0.1) is 9.82 Å². The van der Waals surface area contributed by atoms with Gasteiger partial charge in [-0.05, 0) is 29.0 Å². The Morgan fingerprint density at radius 3 is 2.29 bits per heavy atom. The largest absolute Gasteiger partial charge is 0.362 e. The Hall–Kier alpha value is -3.50. The smallest absolute Gasteiger partial charge is 0.293 e. The SMILES string of the molecule is CCN(CC)S(=O)(=O)c1ccc(N2CCN(C(=O)c3cccc4ccccc34)CC2)c([N+](=O)[O-])c1. The number of hydrogen-bond donors (Lipinski definition) is 0. The minimum Gasteiger partial charge on any atom is -0.362 e. The summed E-state index contributed by atoms with van der Waals surface area (Å²) in [6, 6.07) is 17.4. The van der Waals surface area contributed by atoms with Crippen molar-refractivity contribution in [3.8, 4) is 0 Å². The number of carbonyl (C=O) groups is 1. The summed E-state index contributed by atoms with van der Waals surface area (Å²) in [5.41, 5.74) is 0.728. The van der Waals surface area contributed by atoms with Crippen LogP contribution >= 0.6 is 0 Å². The van der Waals surface area contributed by atoms with Gasteiger partial charge in [0.2, 0.25) is 10.0 Å². The van der Waals surface area contributed by atoms with Crippen molar-refractivity contribution in [1.82, 2.24) is 9.21 Å². The van der Waals surface area contributed by atoms with Crippen molar-refractivity contribution >= 4 is 38.1 Å². The number of nitro groups is 1. The molecule has 9 nitrogen and oxygen atoms in total. The van der Waals surface area contributed by atoms with Crippen LogP contribution in [0.15, 0.2) is 65.6 Å². The maximum absolute atomic E-state index is 13.2. The van der Waals surface area contributed by atoms with Crippen LogP contribution in [0.1, 0.15) is 24.2 Å². The first-order chi connectivity index (χ1) is 16.8. The zero-order chi connectivity index (χ0) is 25.2. The van der Waals surface area contributed by atoms with Crippen molar-refractivity contribution in [1.29, 1.82) is 0 Å². The molecule has 1 aliphatic heterocycles. The molecule has 0 atom stereocenters. The van der Waals surface area contributed by atoms with Crippen LogP contribution in [0.2, 0.25) is 0 Å². The van der Waals surface area contributed by atoms with Gasteiger partial charge in [-0.1, -0.05) is 50.2 Å². The van der Waals surface area contributed by atoms with E-state index in [0.717, 1.165) is 16.8 Å². The van der Waals surface area contributed by atoms with Crippen LogP contribution in [0.25, 0.3) is 10.8 Å². The molecule has 0 aromatic heterocycles. The topological polar surface area (TPSA) is 104 Å². The third-order valence-electron chi connectivity index (χ3n) is 6.41. The molecule has 0 unspecified atom stereocenters. The Bertz CT molecular complexity index is 1360. The van der Waals surface area contributed by atoms with Crippen LogP contribution in [0.5, 0.6) is 0 Å². The summed E-state index contributed by atoms with van der Waals surface area (Å²) < 4.78 is 27.0. The van der Waals surface area contributed by atoms with E-state index < -0.39 is 14.9 Å². The first-order valence-corrected chi connectivity index (χ1v) is 13.0. The summed E-state index contributed by atoms with van der Waals surface area (Å²) in [6.45, 7) is 5.62. The predicted octanol–water partition coefficient (Wildman–Crippen LogP) is 3.74. The molecule has 0 radical (unpaired) electrons. The van der Waals surface area contributed by atoms with Gasteiger partial charge in [-0.15, -0.1) is 0 Å². The molecule has 35 heavy (non-hydrogen) atoms. The number of rotatable bonds is 7. The summed E-state index contributed by atoms with van der Waals surface area (Å²) in [7, 11) is -3.82. The molecular formula is C25H28N4O5S. The molecule has 1 fully saturated rings. The summed E-state index contributed by atoms with van der Waals surface area (Å²) in [5, 5.41) is 13.7. The molecule has 1 saturated heterocycles. The number of benzene rings is 3. The lowest BCUT2D eigenvalue weighted by Gasteiger charge is -2.36. The highest BCUT2D eigenvalue weighted by molar-refractivity contribution is 7.89. The Balaban J connectivity index is 1.55. The van der Waals surface area contributed by atoms with Gasteiger partial charge in [-0.2, -0.15) is 4.31 Å². The first-order valence-electron chi connectivity index (χ1n) is 11.6. The molecular weight excluding hydrogens is 468 g/mol. The van der Waals surface area contributed by atoms with Crippen LogP contribution < -0.4 is 4.90 Å². The number of anilines is 1. The molecule has 1 aliphatic rings. The maximum atomic E-state index is 13.2. The number of nitro benzene ring substituents is 1. The first kappa shape index (κ1) is 24.6. The number of piperazine rings is 1. The Labute approximate surface area is 204 Å². The van der Waals surface area contributed by atoms with Crippen LogP contribution in [0, 0.1) is 10.1 Å². The Morgan fingerprint density at radius 2 is 1.63 bits per heavy atom. The van der Waals surface area contributed by atoms with E-state index in [1.807, 2.05) is 47.4 Å². The van der Waals surface area contributed by atoms with E-state index in [0.29, 0.717) is 37.4 Å². The van der Waals surface area contributed by atoms with Crippen LogP contribution in [0.3, 0.4) is 0 Å². The zero-order valence-corrected chi connectivity index (χ0v) is 20.6. The lowest BCUT2D eigenvalue weighted by Crippen LogP contribution is -2.49. The number of nitrogens with zero attached hydrogens (tertiary/aromatic N) is 4. The number of hydrogen-bond acceptors (Lipinski definition) is 6. The van der Waals surface area contributed by atoms with E-state index in [-0.39, 0.29) is 29.6 Å². The summed E-state index contributed by atoms with van der Waals surface area (Å²) in [5.74, 6) is -0.0726. The van der Waals surface area contributed by atoms with Gasteiger partial charge < -0.3 is 9.80 Å². The van der Waals surface area contributed by atoms with Crippen molar-refractivity contribution in [2.45, 2.75) is 18.7 Å². The highest BCUT2D eigenvalue weighted by atomic mass is 32.2. The number of sulfonamides is 1. The average molecular weight is 497 g/mol. The lowest BCUT2D eigenvalue weighted by atomic mass is 10.0. The number of carbonyl (C=O) groups excluding carboxylic acids is 1. The van der Waals surface area contributed by atoms with Crippen LogP contribution in [-0.4, -0.2) is 67.7 Å². The molecule has 3 aromatic rings. The molecule has 1 heterocycles. The third kappa shape index (κ3) is 4.71. The summed E-state index contributed by atoms with van der Waals surface area (Å²) >= 11 is 0. The molecule has 184 valence electrons. The van der Waals surface area contributed by atoms with E-state index in [1.54, 1.807) is 18.7 Å². The van der Waals surface area contributed by atoms with Crippen molar-refractivity contribution in [3.05, 3.63) is 76.3 Å². The second-order valence-corrected chi connectivity index (χ2v) is 10.2. The van der Waals surface area contributed by atoms with Crippen molar-refractivity contribution in [3.63, 3.8) is 0 Å². The van der Waals surface area contributed by atoms with Gasteiger partial charge in [0.15, 0.2) is 0 Å². The minimum atomic E-state index is -3.82. The normalized spacial score (nSPS) is 14.5. The fourth-order valence-corrected chi connectivity index (χ4v) is 6.00. The minimum absolute atomic E-state index is 0.0726. The van der Waals surface area contributed by atoms with E-state index in [9.17, 15) is 23.3 Å².